The van der Waals surface area contributed by atoms with Crippen molar-refractivity contribution in [3.8, 4) is 0 Å². The van der Waals surface area contributed by atoms with E-state index in [1.54, 1.807) is 0 Å². The van der Waals surface area contributed by atoms with Gasteiger partial charge in [0.1, 0.15) is 10.7 Å². The highest BCUT2D eigenvalue weighted by atomic mass is 32.2. The number of halogens is 2. The Morgan fingerprint density at radius 3 is 2.52 bits per heavy atom. The molecule has 1 aromatic carbocycles. The second-order valence-electron chi connectivity index (χ2n) is 5.65. The Kier molecular flexibility index (Phi) is 4.65. The maximum Gasteiger partial charge on any atom is 0.246 e. The normalized spacial score (nSPS) is 24.2. The van der Waals surface area contributed by atoms with Gasteiger partial charge in [0.2, 0.25) is 10.0 Å². The molecule has 0 bridgehead atoms. The molecule has 4 nitrogen and oxygen atoms in total. The molecule has 1 aliphatic heterocycles. The summed E-state index contributed by atoms with van der Waals surface area (Å²) in [5.41, 5.74) is 4.90. The number of rotatable bonds is 3. The third kappa shape index (κ3) is 2.95. The number of hydrogen-bond acceptors (Lipinski definition) is 3. The molecule has 2 atom stereocenters. The third-order valence-electron chi connectivity index (χ3n) is 4.27. The minimum absolute atomic E-state index is 0.200. The second kappa shape index (κ2) is 5.98. The van der Waals surface area contributed by atoms with Crippen LogP contribution in [0.25, 0.3) is 0 Å². The molecular weight excluding hydrogens is 298 g/mol. The monoisotopic (exact) mass is 318 g/mol. The molecule has 0 aliphatic carbocycles. The fourth-order valence-electron chi connectivity index (χ4n) is 2.54. The zero-order valence-electron chi connectivity index (χ0n) is 12.1. The number of benzene rings is 1. The first-order valence-electron chi connectivity index (χ1n) is 6.96. The lowest BCUT2D eigenvalue weighted by Crippen LogP contribution is -2.42. The van der Waals surface area contributed by atoms with E-state index in [4.69, 9.17) is 5.73 Å². The van der Waals surface area contributed by atoms with Gasteiger partial charge >= 0.3 is 0 Å². The standard InChI is InChI=1S/C14H20F2N2O2S/c1-9-5-6-18(8-10(9)2)21(19,20)13-4-3-12(15)11(7-17)14(13)16/h3-4,9-10H,5-8,17H2,1-2H3. The van der Waals surface area contributed by atoms with Crippen molar-refractivity contribution in [1.29, 1.82) is 0 Å². The predicted molar refractivity (Wildman–Crippen MR) is 76.0 cm³/mol. The minimum Gasteiger partial charge on any atom is -0.326 e. The molecule has 7 heteroatoms. The number of piperidine rings is 1. The predicted octanol–water partition coefficient (Wildman–Crippen LogP) is 2.09. The Morgan fingerprint density at radius 1 is 1.29 bits per heavy atom. The largest absolute Gasteiger partial charge is 0.326 e. The number of sulfonamides is 1. The van der Waals surface area contributed by atoms with Gasteiger partial charge in [0, 0.05) is 25.2 Å². The molecule has 1 saturated heterocycles. The Bertz CT molecular complexity index is 634. The molecule has 1 aromatic rings. The van der Waals surface area contributed by atoms with E-state index in [1.165, 1.54) is 4.31 Å². The molecule has 0 spiro atoms. The highest BCUT2D eigenvalue weighted by Gasteiger charge is 2.34. The van der Waals surface area contributed by atoms with Crippen molar-refractivity contribution in [2.45, 2.75) is 31.7 Å². The van der Waals surface area contributed by atoms with Crippen LogP contribution in [-0.4, -0.2) is 25.8 Å². The van der Waals surface area contributed by atoms with Gasteiger partial charge in [-0.3, -0.25) is 0 Å². The summed E-state index contributed by atoms with van der Waals surface area (Å²) < 4.78 is 54.1. The van der Waals surface area contributed by atoms with Crippen molar-refractivity contribution >= 4 is 10.0 Å². The van der Waals surface area contributed by atoms with Crippen molar-refractivity contribution in [2.24, 2.45) is 17.6 Å². The van der Waals surface area contributed by atoms with Crippen LogP contribution >= 0.6 is 0 Å². The lowest BCUT2D eigenvalue weighted by atomic mass is 9.90. The van der Waals surface area contributed by atoms with Crippen LogP contribution in [0, 0.1) is 23.5 Å². The summed E-state index contributed by atoms with van der Waals surface area (Å²) in [4.78, 5) is -0.494. The van der Waals surface area contributed by atoms with Crippen LogP contribution in [0.2, 0.25) is 0 Å². The van der Waals surface area contributed by atoms with E-state index in [0.717, 1.165) is 18.6 Å². The van der Waals surface area contributed by atoms with Crippen molar-refractivity contribution in [3.05, 3.63) is 29.3 Å². The van der Waals surface area contributed by atoms with Crippen LogP contribution in [0.4, 0.5) is 8.78 Å². The van der Waals surface area contributed by atoms with Crippen molar-refractivity contribution in [3.63, 3.8) is 0 Å². The molecule has 2 N–H and O–H groups in total. The zero-order valence-corrected chi connectivity index (χ0v) is 13.0. The zero-order chi connectivity index (χ0) is 15.8. The summed E-state index contributed by atoms with van der Waals surface area (Å²) in [7, 11) is -3.96. The van der Waals surface area contributed by atoms with Gasteiger partial charge in [0.05, 0.1) is 0 Å². The first kappa shape index (κ1) is 16.3. The summed E-state index contributed by atoms with van der Waals surface area (Å²) in [5.74, 6) is -1.28. The van der Waals surface area contributed by atoms with E-state index >= 15 is 0 Å². The number of hydrogen-bond donors (Lipinski definition) is 1. The first-order valence-corrected chi connectivity index (χ1v) is 8.40. The van der Waals surface area contributed by atoms with Gasteiger partial charge in [-0.2, -0.15) is 4.31 Å². The lowest BCUT2D eigenvalue weighted by Gasteiger charge is -2.34. The SMILES string of the molecule is CC1CCN(S(=O)(=O)c2ccc(F)c(CN)c2F)CC1C. The van der Waals surface area contributed by atoms with Crippen LogP contribution in [0.5, 0.6) is 0 Å². The quantitative estimate of drug-likeness (QED) is 0.928. The lowest BCUT2D eigenvalue weighted by molar-refractivity contribution is 0.212. The van der Waals surface area contributed by atoms with Gasteiger partial charge in [0.25, 0.3) is 0 Å². The average molecular weight is 318 g/mol. The van der Waals surface area contributed by atoms with Crippen molar-refractivity contribution in [1.82, 2.24) is 4.31 Å². The smallest absolute Gasteiger partial charge is 0.246 e. The van der Waals surface area contributed by atoms with Gasteiger partial charge in [-0.05, 0) is 30.4 Å². The molecule has 2 unspecified atom stereocenters. The van der Waals surface area contributed by atoms with Crippen molar-refractivity contribution < 1.29 is 17.2 Å². The first-order chi connectivity index (χ1) is 9.78. The van der Waals surface area contributed by atoms with Crippen LogP contribution in [-0.2, 0) is 16.6 Å². The van der Waals surface area contributed by atoms with Gasteiger partial charge in [-0.15, -0.1) is 0 Å². The van der Waals surface area contributed by atoms with Crippen LogP contribution < -0.4 is 5.73 Å². The number of nitrogens with two attached hydrogens (primary N) is 1. The molecule has 1 fully saturated rings. The molecule has 1 heterocycles. The van der Waals surface area contributed by atoms with Crippen LogP contribution in [0.1, 0.15) is 25.8 Å². The average Bonchev–Trinajstić information content (AvgIpc) is 2.42. The molecular formula is C14H20F2N2O2S. The van der Waals surface area contributed by atoms with E-state index in [1.807, 2.05) is 6.92 Å². The van der Waals surface area contributed by atoms with Crippen molar-refractivity contribution in [2.75, 3.05) is 13.1 Å². The summed E-state index contributed by atoms with van der Waals surface area (Å²) in [6.45, 7) is 4.35. The van der Waals surface area contributed by atoms with Crippen LogP contribution in [0.15, 0.2) is 17.0 Å². The fraction of sp³-hybridized carbons (Fsp3) is 0.571. The summed E-state index contributed by atoms with van der Waals surface area (Å²) in [6, 6.07) is 1.93. The molecule has 0 saturated carbocycles. The van der Waals surface area contributed by atoms with E-state index in [2.05, 4.69) is 6.92 Å². The summed E-state index contributed by atoms with van der Waals surface area (Å²) in [6.07, 6.45) is 0.729. The maximum atomic E-state index is 14.2. The summed E-state index contributed by atoms with van der Waals surface area (Å²) >= 11 is 0. The highest BCUT2D eigenvalue weighted by Crippen LogP contribution is 2.29. The third-order valence-corrected chi connectivity index (χ3v) is 6.15. The Labute approximate surface area is 124 Å². The van der Waals surface area contributed by atoms with Gasteiger partial charge in [0.15, 0.2) is 5.82 Å². The maximum absolute atomic E-state index is 14.2. The number of nitrogens with zero attached hydrogens (tertiary/aromatic N) is 1. The topological polar surface area (TPSA) is 63.4 Å². The summed E-state index contributed by atoms with van der Waals surface area (Å²) in [5, 5.41) is 0. The Hall–Kier alpha value is -1.05. The molecule has 0 aromatic heterocycles. The molecule has 21 heavy (non-hydrogen) atoms. The molecule has 2 rings (SSSR count). The van der Waals surface area contributed by atoms with Crippen LogP contribution in [0.3, 0.4) is 0 Å². The van der Waals surface area contributed by atoms with Gasteiger partial charge in [-0.1, -0.05) is 13.8 Å². The second-order valence-corrected chi connectivity index (χ2v) is 7.55. The van der Waals surface area contributed by atoms with E-state index in [0.29, 0.717) is 19.0 Å². The Morgan fingerprint density at radius 2 is 1.95 bits per heavy atom. The molecule has 0 radical (unpaired) electrons. The highest BCUT2D eigenvalue weighted by molar-refractivity contribution is 7.89. The molecule has 118 valence electrons. The minimum atomic E-state index is -3.96. The Balaban J connectivity index is 2.41. The fourth-order valence-corrected chi connectivity index (χ4v) is 4.19. The van der Waals surface area contributed by atoms with E-state index in [9.17, 15) is 17.2 Å². The van der Waals surface area contributed by atoms with Gasteiger partial charge in [-0.25, -0.2) is 17.2 Å². The molecule has 1 aliphatic rings. The van der Waals surface area contributed by atoms with E-state index < -0.39 is 32.1 Å². The van der Waals surface area contributed by atoms with E-state index in [-0.39, 0.29) is 12.5 Å². The van der Waals surface area contributed by atoms with Gasteiger partial charge < -0.3 is 5.73 Å². The molecule has 0 amide bonds.